The number of hydrogen-bond donors (Lipinski definition) is 2. The molecular weight excluding hydrogens is 761 g/mol. The van der Waals surface area contributed by atoms with Crippen molar-refractivity contribution in [1.29, 1.82) is 0 Å². The monoisotopic (exact) mass is 859 g/mol. The molecule has 62 heavy (non-hydrogen) atoms. The zero-order chi connectivity index (χ0) is 44.8. The summed E-state index contributed by atoms with van der Waals surface area (Å²) in [5, 5.41) is 23.3. The van der Waals surface area contributed by atoms with Crippen LogP contribution in [0, 0.1) is 27.7 Å². The summed E-state index contributed by atoms with van der Waals surface area (Å²) in [4.78, 5) is 0. The van der Waals surface area contributed by atoms with E-state index in [1.165, 1.54) is 191 Å². The molecule has 2 aromatic rings. The van der Waals surface area contributed by atoms with Gasteiger partial charge in [0.05, 0.1) is 0 Å². The van der Waals surface area contributed by atoms with Gasteiger partial charge in [0, 0.05) is 22.3 Å². The molecule has 0 unspecified atom stereocenters. The molecule has 0 amide bonds. The Morgan fingerprint density at radius 3 is 0.919 bits per heavy atom. The molecule has 0 aliphatic carbocycles. The summed E-state index contributed by atoms with van der Waals surface area (Å²) in [5.74, 6) is 2.83. The molecule has 0 saturated heterocycles. The minimum atomic E-state index is -0.169. The maximum absolute atomic E-state index is 11.6. The molecule has 0 bridgehead atoms. The number of aromatic hydroxyl groups is 2. The zero-order valence-electron chi connectivity index (χ0n) is 42.2. The number of benzene rings is 2. The second-order valence-electron chi connectivity index (χ2n) is 21.1. The van der Waals surface area contributed by atoms with Crippen molar-refractivity contribution in [2.75, 3.05) is 0 Å². The summed E-state index contributed by atoms with van der Waals surface area (Å²) in [6.07, 6.45) is 45.9. The van der Waals surface area contributed by atoms with Gasteiger partial charge in [-0.2, -0.15) is 0 Å². The van der Waals surface area contributed by atoms with Crippen molar-refractivity contribution >= 4 is 0 Å². The molecule has 2 aliphatic rings. The molecule has 2 aliphatic heterocycles. The first-order chi connectivity index (χ1) is 29.9. The maximum Gasteiger partial charge on any atom is 0.127 e. The van der Waals surface area contributed by atoms with Crippen LogP contribution in [0.1, 0.15) is 278 Å². The van der Waals surface area contributed by atoms with Gasteiger partial charge in [0.1, 0.15) is 34.2 Å². The van der Waals surface area contributed by atoms with Crippen molar-refractivity contribution in [2.24, 2.45) is 0 Å². The fraction of sp³-hybridized carbons (Fsp3) is 0.793. The Labute approximate surface area is 383 Å². The van der Waals surface area contributed by atoms with Crippen molar-refractivity contribution in [1.82, 2.24) is 0 Å². The van der Waals surface area contributed by atoms with E-state index in [0.29, 0.717) is 24.3 Å². The van der Waals surface area contributed by atoms with E-state index in [2.05, 4.69) is 41.5 Å². The van der Waals surface area contributed by atoms with E-state index in [0.717, 1.165) is 83.4 Å². The standard InChI is InChI=1S/C58H98O4/c1-9-11-13-15-17-19-21-23-25-27-29-31-33-35-41-57(7)43-39-51-49(53(59)45(3)47(5)55(51)61-57)37-38-50-52-40-44-58(8,62-56(52)48(6)46(4)54(50)60)42-36-34-32-30-28-26-24-22-20-18-16-14-12-10-2/h59-60H,9-44H2,1-8H3/t57-,58-/m1/s1. The van der Waals surface area contributed by atoms with E-state index >= 15 is 0 Å². The van der Waals surface area contributed by atoms with Gasteiger partial charge in [-0.3, -0.25) is 0 Å². The second kappa shape index (κ2) is 27.8. The first-order valence-corrected chi connectivity index (χ1v) is 27.0. The number of rotatable bonds is 33. The van der Waals surface area contributed by atoms with Crippen LogP contribution in [0.4, 0.5) is 0 Å². The highest BCUT2D eigenvalue weighted by molar-refractivity contribution is 5.61. The van der Waals surface area contributed by atoms with Gasteiger partial charge in [-0.15, -0.1) is 0 Å². The minimum Gasteiger partial charge on any atom is -0.507 e. The van der Waals surface area contributed by atoms with Gasteiger partial charge in [0.2, 0.25) is 0 Å². The third-order valence-electron chi connectivity index (χ3n) is 15.6. The van der Waals surface area contributed by atoms with E-state index in [-0.39, 0.29) is 11.2 Å². The smallest absolute Gasteiger partial charge is 0.127 e. The molecule has 0 spiro atoms. The predicted octanol–water partition coefficient (Wildman–Crippen LogP) is 18.0. The number of unbranched alkanes of at least 4 members (excludes halogenated alkanes) is 26. The Balaban J connectivity index is 1.24. The molecule has 2 N–H and O–H groups in total. The third-order valence-corrected chi connectivity index (χ3v) is 15.6. The van der Waals surface area contributed by atoms with Crippen LogP contribution in [-0.2, 0) is 25.7 Å². The summed E-state index contributed by atoms with van der Waals surface area (Å²) in [7, 11) is 0. The van der Waals surface area contributed by atoms with Gasteiger partial charge in [-0.25, -0.2) is 0 Å². The normalized spacial score (nSPS) is 18.4. The third kappa shape index (κ3) is 16.3. The van der Waals surface area contributed by atoms with Crippen molar-refractivity contribution in [3.63, 3.8) is 0 Å². The highest BCUT2D eigenvalue weighted by Gasteiger charge is 2.37. The number of hydrogen-bond acceptors (Lipinski definition) is 4. The van der Waals surface area contributed by atoms with Crippen LogP contribution >= 0.6 is 0 Å². The molecule has 0 aromatic heterocycles. The minimum absolute atomic E-state index is 0.169. The Morgan fingerprint density at radius 1 is 0.387 bits per heavy atom. The molecular formula is C58H98O4. The SMILES string of the molecule is CCCCCCCCCCCCCCCC[C@]1(C)CCc2c(CCc3c(O)c(C)c(C)c4c3CC[C@@](C)(CCCCCCCCCCCCCCCC)O4)c(O)c(C)c(C)c2O1. The van der Waals surface area contributed by atoms with Crippen molar-refractivity contribution in [3.05, 3.63) is 44.5 Å². The second-order valence-corrected chi connectivity index (χ2v) is 21.1. The zero-order valence-corrected chi connectivity index (χ0v) is 42.2. The van der Waals surface area contributed by atoms with Gasteiger partial charge < -0.3 is 19.7 Å². The lowest BCUT2D eigenvalue weighted by Crippen LogP contribution is -2.37. The van der Waals surface area contributed by atoms with Gasteiger partial charge in [0.25, 0.3) is 0 Å². The lowest BCUT2D eigenvalue weighted by atomic mass is 9.81. The molecule has 4 nitrogen and oxygen atoms in total. The Hall–Kier alpha value is -2.36. The number of ether oxygens (including phenoxy) is 2. The van der Waals surface area contributed by atoms with E-state index in [9.17, 15) is 10.2 Å². The van der Waals surface area contributed by atoms with E-state index in [1.807, 2.05) is 13.8 Å². The van der Waals surface area contributed by atoms with E-state index in [1.54, 1.807) is 0 Å². The van der Waals surface area contributed by atoms with Gasteiger partial charge >= 0.3 is 0 Å². The van der Waals surface area contributed by atoms with Crippen molar-refractivity contribution < 1.29 is 19.7 Å². The highest BCUT2D eigenvalue weighted by Crippen LogP contribution is 2.48. The lowest BCUT2D eigenvalue weighted by Gasteiger charge is -2.39. The maximum atomic E-state index is 11.6. The highest BCUT2D eigenvalue weighted by atomic mass is 16.5. The summed E-state index contributed by atoms with van der Waals surface area (Å²) in [5.41, 5.74) is 8.03. The summed E-state index contributed by atoms with van der Waals surface area (Å²) < 4.78 is 13.9. The van der Waals surface area contributed by atoms with Crippen LogP contribution in [0.15, 0.2) is 0 Å². The van der Waals surface area contributed by atoms with E-state index < -0.39 is 0 Å². The average Bonchev–Trinajstić information content (AvgIpc) is 3.26. The first kappa shape index (κ1) is 52.3. The number of fused-ring (bicyclic) bond motifs is 2. The predicted molar refractivity (Wildman–Crippen MR) is 267 cm³/mol. The summed E-state index contributed by atoms with van der Waals surface area (Å²) in [6, 6.07) is 0. The fourth-order valence-corrected chi connectivity index (χ4v) is 10.9. The average molecular weight is 859 g/mol. The number of phenols is 2. The molecule has 4 rings (SSSR count). The number of phenolic OH excluding ortho intramolecular Hbond substituents is 2. The summed E-state index contributed by atoms with van der Waals surface area (Å²) in [6.45, 7) is 17.5. The van der Waals surface area contributed by atoms with Crippen LogP contribution in [0.3, 0.4) is 0 Å². The Morgan fingerprint density at radius 2 is 0.645 bits per heavy atom. The topological polar surface area (TPSA) is 58.9 Å². The molecule has 2 heterocycles. The van der Waals surface area contributed by atoms with Crippen LogP contribution in [0.25, 0.3) is 0 Å². The largest absolute Gasteiger partial charge is 0.507 e. The Kier molecular flexibility index (Phi) is 23.5. The van der Waals surface area contributed by atoms with Crippen LogP contribution < -0.4 is 9.47 Å². The molecule has 0 saturated carbocycles. The van der Waals surface area contributed by atoms with Crippen molar-refractivity contribution in [3.8, 4) is 23.0 Å². The lowest BCUT2D eigenvalue weighted by molar-refractivity contribution is 0.0515. The molecule has 2 atom stereocenters. The summed E-state index contributed by atoms with van der Waals surface area (Å²) >= 11 is 0. The van der Waals surface area contributed by atoms with Gasteiger partial charge in [0.15, 0.2) is 0 Å². The first-order valence-electron chi connectivity index (χ1n) is 27.0. The van der Waals surface area contributed by atoms with Crippen LogP contribution in [-0.4, -0.2) is 21.4 Å². The Bertz CT molecular complexity index is 1470. The molecule has 4 heteroatoms. The van der Waals surface area contributed by atoms with Gasteiger partial charge in [-0.05, 0) is 128 Å². The fourth-order valence-electron chi connectivity index (χ4n) is 10.9. The van der Waals surface area contributed by atoms with Crippen molar-refractivity contribution in [2.45, 2.75) is 298 Å². The quantitative estimate of drug-likeness (QED) is 0.0702. The molecule has 0 radical (unpaired) electrons. The molecule has 354 valence electrons. The van der Waals surface area contributed by atoms with Gasteiger partial charge in [-0.1, -0.05) is 181 Å². The van der Waals surface area contributed by atoms with E-state index in [4.69, 9.17) is 9.47 Å². The van der Waals surface area contributed by atoms with Crippen LogP contribution in [0.2, 0.25) is 0 Å². The van der Waals surface area contributed by atoms with Crippen LogP contribution in [0.5, 0.6) is 23.0 Å². The molecule has 2 aromatic carbocycles. The molecule has 0 fully saturated rings.